The number of anilines is 1. The molecule has 1 aliphatic rings. The minimum absolute atomic E-state index is 0.0176. The van der Waals surface area contributed by atoms with E-state index < -0.39 is 10.0 Å². The number of benzene rings is 1. The quantitative estimate of drug-likeness (QED) is 0.735. The van der Waals surface area contributed by atoms with Crippen LogP contribution in [0.15, 0.2) is 24.3 Å². The van der Waals surface area contributed by atoms with Crippen LogP contribution >= 0.6 is 0 Å². The third kappa shape index (κ3) is 5.94. The summed E-state index contributed by atoms with van der Waals surface area (Å²) < 4.78 is 26.6. The summed E-state index contributed by atoms with van der Waals surface area (Å²) in [7, 11) is -3.20. The SMILES string of the molecule is CCCS(=O)(=O)NC1CCN(C(=O)c2ccc(N(CC)C(C)C)cc2)CC1. The normalized spacial score (nSPS) is 16.0. The molecule has 0 atom stereocenters. The van der Waals surface area contributed by atoms with Crippen molar-refractivity contribution in [3.05, 3.63) is 29.8 Å². The van der Waals surface area contributed by atoms with Crippen molar-refractivity contribution in [1.82, 2.24) is 9.62 Å². The average molecular weight is 396 g/mol. The minimum Gasteiger partial charge on any atom is -0.369 e. The first-order chi connectivity index (χ1) is 12.8. The molecule has 1 aromatic carbocycles. The van der Waals surface area contributed by atoms with Gasteiger partial charge in [-0.25, -0.2) is 13.1 Å². The minimum atomic E-state index is -3.20. The van der Waals surface area contributed by atoms with Gasteiger partial charge in [0.05, 0.1) is 5.75 Å². The molecule has 7 heteroatoms. The smallest absolute Gasteiger partial charge is 0.253 e. The Kier molecular flexibility index (Phi) is 7.68. The van der Waals surface area contributed by atoms with E-state index in [1.54, 1.807) is 0 Å². The van der Waals surface area contributed by atoms with Crippen LogP contribution in [0.3, 0.4) is 0 Å². The largest absolute Gasteiger partial charge is 0.369 e. The molecule has 1 N–H and O–H groups in total. The Morgan fingerprint density at radius 1 is 1.19 bits per heavy atom. The number of nitrogens with one attached hydrogen (secondary N) is 1. The van der Waals surface area contributed by atoms with E-state index >= 15 is 0 Å². The lowest BCUT2D eigenvalue weighted by Crippen LogP contribution is -2.47. The molecule has 27 heavy (non-hydrogen) atoms. The molecule has 0 spiro atoms. The van der Waals surface area contributed by atoms with Gasteiger partial charge in [0.15, 0.2) is 0 Å². The van der Waals surface area contributed by atoms with E-state index in [0.717, 1.165) is 12.2 Å². The number of rotatable bonds is 8. The van der Waals surface area contributed by atoms with Gasteiger partial charge in [0, 0.05) is 43.0 Å². The zero-order chi connectivity index (χ0) is 20.0. The van der Waals surface area contributed by atoms with E-state index in [4.69, 9.17) is 0 Å². The second-order valence-electron chi connectivity index (χ2n) is 7.43. The molecule has 0 aliphatic carbocycles. The summed E-state index contributed by atoms with van der Waals surface area (Å²) in [5.74, 6) is 0.174. The highest BCUT2D eigenvalue weighted by atomic mass is 32.2. The number of hydrogen-bond acceptors (Lipinski definition) is 4. The number of carbonyl (C=O) groups excluding carboxylic acids is 1. The van der Waals surface area contributed by atoms with Gasteiger partial charge in [-0.2, -0.15) is 0 Å². The second kappa shape index (κ2) is 9.55. The predicted octanol–water partition coefficient (Wildman–Crippen LogP) is 2.86. The van der Waals surface area contributed by atoms with E-state index in [-0.39, 0.29) is 17.7 Å². The third-order valence-electron chi connectivity index (χ3n) is 5.01. The zero-order valence-corrected chi connectivity index (χ0v) is 17.8. The lowest BCUT2D eigenvalue weighted by molar-refractivity contribution is 0.0711. The van der Waals surface area contributed by atoms with E-state index in [9.17, 15) is 13.2 Å². The molecule has 1 heterocycles. The molecular weight excluding hydrogens is 362 g/mol. The Bertz CT molecular complexity index is 708. The van der Waals surface area contributed by atoms with Gasteiger partial charge in [-0.1, -0.05) is 6.92 Å². The number of carbonyl (C=O) groups is 1. The number of nitrogens with zero attached hydrogens (tertiary/aromatic N) is 2. The predicted molar refractivity (Wildman–Crippen MR) is 111 cm³/mol. The summed E-state index contributed by atoms with van der Waals surface area (Å²) in [4.78, 5) is 16.9. The number of hydrogen-bond donors (Lipinski definition) is 1. The van der Waals surface area contributed by atoms with Crippen molar-refractivity contribution < 1.29 is 13.2 Å². The van der Waals surface area contributed by atoms with Gasteiger partial charge in [0.25, 0.3) is 5.91 Å². The summed E-state index contributed by atoms with van der Waals surface area (Å²) in [5.41, 5.74) is 1.80. The van der Waals surface area contributed by atoms with E-state index in [2.05, 4.69) is 30.4 Å². The lowest BCUT2D eigenvalue weighted by atomic mass is 10.0. The number of piperidine rings is 1. The molecule has 0 saturated carbocycles. The first-order valence-corrected chi connectivity index (χ1v) is 11.6. The second-order valence-corrected chi connectivity index (χ2v) is 9.30. The topological polar surface area (TPSA) is 69.7 Å². The van der Waals surface area contributed by atoms with Crippen LogP contribution in [0.5, 0.6) is 0 Å². The fourth-order valence-electron chi connectivity index (χ4n) is 3.61. The number of amides is 1. The Morgan fingerprint density at radius 2 is 1.78 bits per heavy atom. The van der Waals surface area contributed by atoms with Crippen LogP contribution < -0.4 is 9.62 Å². The Balaban J connectivity index is 1.94. The summed E-state index contributed by atoms with van der Waals surface area (Å²) in [6, 6.07) is 8.12. The molecule has 0 bridgehead atoms. The standard InChI is InChI=1S/C20H33N3O3S/c1-5-15-27(25,26)21-18-11-13-22(14-12-18)20(24)17-7-9-19(10-8-17)23(6-2)16(3)4/h7-10,16,18,21H,5-6,11-15H2,1-4H3. The van der Waals surface area contributed by atoms with Crippen LogP contribution in [0.1, 0.15) is 57.3 Å². The van der Waals surface area contributed by atoms with Crippen molar-refractivity contribution in [2.24, 2.45) is 0 Å². The van der Waals surface area contributed by atoms with Gasteiger partial charge in [-0.05, 0) is 64.3 Å². The molecule has 1 aromatic rings. The highest BCUT2D eigenvalue weighted by molar-refractivity contribution is 7.89. The number of likely N-dealkylation sites (tertiary alicyclic amines) is 1. The van der Waals surface area contributed by atoms with E-state index in [1.807, 2.05) is 36.1 Å². The molecule has 1 saturated heterocycles. The van der Waals surface area contributed by atoms with Crippen molar-refractivity contribution in [1.29, 1.82) is 0 Å². The van der Waals surface area contributed by atoms with Gasteiger partial charge >= 0.3 is 0 Å². The van der Waals surface area contributed by atoms with Gasteiger partial charge < -0.3 is 9.80 Å². The first-order valence-electron chi connectivity index (χ1n) is 9.93. The third-order valence-corrected chi connectivity index (χ3v) is 6.65. The lowest BCUT2D eigenvalue weighted by Gasteiger charge is -2.32. The van der Waals surface area contributed by atoms with Crippen molar-refractivity contribution in [2.45, 2.75) is 59.0 Å². The molecule has 6 nitrogen and oxygen atoms in total. The van der Waals surface area contributed by atoms with E-state index in [0.29, 0.717) is 44.0 Å². The van der Waals surface area contributed by atoms with Crippen LogP contribution in [-0.2, 0) is 10.0 Å². The van der Waals surface area contributed by atoms with Gasteiger partial charge in [-0.3, -0.25) is 4.79 Å². The first kappa shape index (κ1) is 21.7. The van der Waals surface area contributed by atoms with Crippen LogP contribution in [0, 0.1) is 0 Å². The van der Waals surface area contributed by atoms with Gasteiger partial charge in [-0.15, -0.1) is 0 Å². The molecular formula is C20H33N3O3S. The molecule has 1 fully saturated rings. The fourth-order valence-corrected chi connectivity index (χ4v) is 5.00. The fraction of sp³-hybridized carbons (Fsp3) is 0.650. The molecule has 1 aliphatic heterocycles. The van der Waals surface area contributed by atoms with Crippen LogP contribution in [0.4, 0.5) is 5.69 Å². The Hall–Kier alpha value is -1.60. The van der Waals surface area contributed by atoms with E-state index in [1.165, 1.54) is 0 Å². The Labute approximate surface area is 164 Å². The molecule has 1 amide bonds. The highest BCUT2D eigenvalue weighted by Crippen LogP contribution is 2.20. The summed E-state index contributed by atoms with van der Waals surface area (Å²) in [6.07, 6.45) is 1.92. The van der Waals surface area contributed by atoms with Crippen molar-refractivity contribution in [2.75, 3.05) is 30.3 Å². The van der Waals surface area contributed by atoms with Crippen LogP contribution in [0.25, 0.3) is 0 Å². The highest BCUT2D eigenvalue weighted by Gasteiger charge is 2.26. The van der Waals surface area contributed by atoms with Crippen LogP contribution in [-0.4, -0.2) is 56.7 Å². The van der Waals surface area contributed by atoms with Crippen molar-refractivity contribution in [3.63, 3.8) is 0 Å². The Morgan fingerprint density at radius 3 is 2.26 bits per heavy atom. The zero-order valence-electron chi connectivity index (χ0n) is 16.9. The molecule has 0 aromatic heterocycles. The maximum Gasteiger partial charge on any atom is 0.253 e. The summed E-state index contributed by atoms with van der Waals surface area (Å²) >= 11 is 0. The maximum atomic E-state index is 12.8. The summed E-state index contributed by atoms with van der Waals surface area (Å²) in [5, 5.41) is 0. The summed E-state index contributed by atoms with van der Waals surface area (Å²) in [6.45, 7) is 10.4. The van der Waals surface area contributed by atoms with Gasteiger partial charge in [0.1, 0.15) is 0 Å². The number of sulfonamides is 1. The van der Waals surface area contributed by atoms with Crippen molar-refractivity contribution in [3.8, 4) is 0 Å². The molecule has 152 valence electrons. The maximum absolute atomic E-state index is 12.8. The molecule has 0 radical (unpaired) electrons. The van der Waals surface area contributed by atoms with Crippen LogP contribution in [0.2, 0.25) is 0 Å². The molecule has 2 rings (SSSR count). The average Bonchev–Trinajstić information content (AvgIpc) is 2.62. The van der Waals surface area contributed by atoms with Gasteiger partial charge in [0.2, 0.25) is 10.0 Å². The monoisotopic (exact) mass is 395 g/mol. The molecule has 0 unspecified atom stereocenters. The van der Waals surface area contributed by atoms with Crippen molar-refractivity contribution >= 4 is 21.6 Å².